The summed E-state index contributed by atoms with van der Waals surface area (Å²) in [4.78, 5) is 32.0. The van der Waals surface area contributed by atoms with Crippen molar-refractivity contribution in [3.05, 3.63) is 44.8 Å². The lowest BCUT2D eigenvalue weighted by molar-refractivity contribution is -0.146. The van der Waals surface area contributed by atoms with Gasteiger partial charge < -0.3 is 9.84 Å². The molecule has 0 spiro atoms. The monoisotopic (exact) mass is 414 g/mol. The van der Waals surface area contributed by atoms with E-state index in [4.69, 9.17) is 9.72 Å². The van der Waals surface area contributed by atoms with Crippen molar-refractivity contribution in [2.24, 2.45) is 0 Å². The third kappa shape index (κ3) is 3.33. The molecule has 3 aromatic rings. The smallest absolute Gasteiger partial charge is 0.329 e. The lowest BCUT2D eigenvalue weighted by Gasteiger charge is -2.27. The van der Waals surface area contributed by atoms with Crippen molar-refractivity contribution in [2.45, 2.75) is 53.0 Å². The topological polar surface area (TPSA) is 81.4 Å². The second-order valence-corrected chi connectivity index (χ2v) is 9.25. The van der Waals surface area contributed by atoms with Gasteiger partial charge in [-0.15, -0.1) is 11.3 Å². The molecule has 29 heavy (non-hydrogen) atoms. The first-order valence-electron chi connectivity index (χ1n) is 9.45. The van der Waals surface area contributed by atoms with Gasteiger partial charge in [0.25, 0.3) is 5.56 Å². The van der Waals surface area contributed by atoms with E-state index in [9.17, 15) is 14.7 Å². The fraction of sp³-hybridized carbons (Fsp3) is 0.409. The predicted molar refractivity (Wildman–Crippen MR) is 116 cm³/mol. The normalized spacial score (nSPS) is 12.0. The van der Waals surface area contributed by atoms with Crippen molar-refractivity contribution < 1.29 is 14.6 Å². The van der Waals surface area contributed by atoms with Gasteiger partial charge in [0.1, 0.15) is 21.9 Å². The molecule has 0 radical (unpaired) electrons. The highest BCUT2D eigenvalue weighted by Gasteiger charge is 2.35. The van der Waals surface area contributed by atoms with Gasteiger partial charge in [0.05, 0.1) is 12.5 Å². The SMILES string of the molecule is COc1ccc(C)cc1-c1c(C)sc2nc(C(C)C)n(C(C)(C)C(=O)O)c(=O)c12. The molecular formula is C22H26N2O4S. The average molecular weight is 415 g/mol. The molecular weight excluding hydrogens is 388 g/mol. The van der Waals surface area contributed by atoms with Gasteiger partial charge in [0.2, 0.25) is 0 Å². The number of aliphatic carboxylic acids is 1. The van der Waals surface area contributed by atoms with Gasteiger partial charge in [0, 0.05) is 21.9 Å². The van der Waals surface area contributed by atoms with Crippen molar-refractivity contribution in [2.75, 3.05) is 7.11 Å². The highest BCUT2D eigenvalue weighted by atomic mass is 32.1. The minimum absolute atomic E-state index is 0.106. The first-order valence-corrected chi connectivity index (χ1v) is 10.3. The van der Waals surface area contributed by atoms with Crippen LogP contribution >= 0.6 is 11.3 Å². The summed E-state index contributed by atoms with van der Waals surface area (Å²) in [6, 6.07) is 5.81. The van der Waals surface area contributed by atoms with Crippen LogP contribution in [0.1, 0.15) is 49.9 Å². The fourth-order valence-electron chi connectivity index (χ4n) is 3.54. The van der Waals surface area contributed by atoms with Crippen LogP contribution in [-0.2, 0) is 10.3 Å². The molecule has 0 atom stereocenters. The summed E-state index contributed by atoms with van der Waals surface area (Å²) in [7, 11) is 1.60. The highest BCUT2D eigenvalue weighted by molar-refractivity contribution is 7.19. The Morgan fingerprint density at radius 3 is 2.48 bits per heavy atom. The molecule has 1 N–H and O–H groups in total. The maximum absolute atomic E-state index is 13.7. The van der Waals surface area contributed by atoms with Crippen LogP contribution in [0.25, 0.3) is 21.3 Å². The molecule has 0 aliphatic carbocycles. The van der Waals surface area contributed by atoms with Gasteiger partial charge in [-0.1, -0.05) is 25.5 Å². The third-order valence-corrected chi connectivity index (χ3v) is 6.15. The second kappa shape index (κ2) is 7.30. The summed E-state index contributed by atoms with van der Waals surface area (Å²) in [5.74, 6) is -0.0527. The highest BCUT2D eigenvalue weighted by Crippen LogP contribution is 2.41. The van der Waals surface area contributed by atoms with Gasteiger partial charge in [-0.05, 0) is 39.8 Å². The van der Waals surface area contributed by atoms with Gasteiger partial charge in [-0.3, -0.25) is 9.36 Å². The van der Waals surface area contributed by atoms with E-state index in [0.717, 1.165) is 21.6 Å². The summed E-state index contributed by atoms with van der Waals surface area (Å²) >= 11 is 1.44. The number of fused-ring (bicyclic) bond motifs is 1. The Morgan fingerprint density at radius 1 is 1.28 bits per heavy atom. The van der Waals surface area contributed by atoms with Gasteiger partial charge in [-0.2, -0.15) is 0 Å². The number of ether oxygens (including phenoxy) is 1. The van der Waals surface area contributed by atoms with Crippen LogP contribution in [0.3, 0.4) is 0 Å². The lowest BCUT2D eigenvalue weighted by Crippen LogP contribution is -2.45. The maximum Gasteiger partial charge on any atom is 0.329 e. The Balaban J connectivity index is 2.52. The Labute approximate surface area is 173 Å². The van der Waals surface area contributed by atoms with Crippen molar-refractivity contribution in [1.82, 2.24) is 9.55 Å². The average Bonchev–Trinajstić information content (AvgIpc) is 2.97. The molecule has 0 bridgehead atoms. The van der Waals surface area contributed by atoms with Gasteiger partial charge in [0.15, 0.2) is 0 Å². The minimum Gasteiger partial charge on any atom is -0.496 e. The number of methoxy groups -OCH3 is 1. The number of benzene rings is 1. The number of nitrogens with zero attached hydrogens (tertiary/aromatic N) is 2. The minimum atomic E-state index is -1.43. The molecule has 7 heteroatoms. The molecule has 0 saturated carbocycles. The molecule has 0 fully saturated rings. The van der Waals surface area contributed by atoms with Crippen molar-refractivity contribution >= 4 is 27.5 Å². The summed E-state index contributed by atoms with van der Waals surface area (Å²) in [6.45, 7) is 10.8. The Hall–Kier alpha value is -2.67. The van der Waals surface area contributed by atoms with Crippen LogP contribution in [0, 0.1) is 13.8 Å². The molecule has 0 unspecified atom stereocenters. The van der Waals surface area contributed by atoms with Gasteiger partial charge in [-0.25, -0.2) is 9.78 Å². The largest absolute Gasteiger partial charge is 0.496 e. The van der Waals surface area contributed by atoms with Crippen LogP contribution < -0.4 is 10.3 Å². The van der Waals surface area contributed by atoms with E-state index in [-0.39, 0.29) is 11.5 Å². The first-order chi connectivity index (χ1) is 13.5. The molecule has 2 heterocycles. The first kappa shape index (κ1) is 21.0. The van der Waals surface area contributed by atoms with Crippen molar-refractivity contribution in [3.63, 3.8) is 0 Å². The number of aryl methyl sites for hydroxylation is 2. The summed E-state index contributed by atoms with van der Waals surface area (Å²) in [6.07, 6.45) is 0. The standard InChI is InChI=1S/C22H26N2O4S/c1-11(2)18-23-19-17(20(25)24(18)22(5,6)21(26)27)16(13(4)29-19)14-10-12(3)8-9-15(14)28-7/h8-11H,1-7H3,(H,26,27). The lowest BCUT2D eigenvalue weighted by atomic mass is 9.99. The molecule has 0 amide bonds. The van der Waals surface area contributed by atoms with E-state index in [1.54, 1.807) is 7.11 Å². The maximum atomic E-state index is 13.7. The molecule has 0 aliphatic heterocycles. The predicted octanol–water partition coefficient (Wildman–Crippen LogP) is 4.69. The van der Waals surface area contributed by atoms with E-state index >= 15 is 0 Å². The van der Waals surface area contributed by atoms with E-state index in [1.807, 2.05) is 45.9 Å². The zero-order valence-electron chi connectivity index (χ0n) is 17.8. The van der Waals surface area contributed by atoms with E-state index < -0.39 is 11.5 Å². The number of aromatic nitrogens is 2. The Morgan fingerprint density at radius 2 is 1.93 bits per heavy atom. The number of carboxylic acid groups (broad SMARTS) is 1. The number of carboxylic acids is 1. The molecule has 3 rings (SSSR count). The van der Waals surface area contributed by atoms with Crippen molar-refractivity contribution in [3.8, 4) is 16.9 Å². The number of hydrogen-bond acceptors (Lipinski definition) is 5. The van der Waals surface area contributed by atoms with E-state index in [2.05, 4.69) is 0 Å². The van der Waals surface area contributed by atoms with Crippen LogP contribution in [0.5, 0.6) is 5.75 Å². The van der Waals surface area contributed by atoms with Crippen LogP contribution in [-0.4, -0.2) is 27.7 Å². The zero-order chi connectivity index (χ0) is 21.7. The molecule has 154 valence electrons. The van der Waals surface area contributed by atoms with Crippen molar-refractivity contribution in [1.29, 1.82) is 0 Å². The van der Waals surface area contributed by atoms with Gasteiger partial charge >= 0.3 is 5.97 Å². The van der Waals surface area contributed by atoms with Crippen LogP contribution in [0.2, 0.25) is 0 Å². The fourth-order valence-corrected chi connectivity index (χ4v) is 4.58. The second-order valence-electron chi connectivity index (χ2n) is 8.05. The number of hydrogen-bond donors (Lipinski definition) is 1. The molecule has 6 nitrogen and oxygen atoms in total. The zero-order valence-corrected chi connectivity index (χ0v) is 18.6. The number of rotatable bonds is 5. The third-order valence-electron chi connectivity index (χ3n) is 5.15. The summed E-state index contributed by atoms with van der Waals surface area (Å²) in [5.41, 5.74) is 0.841. The van der Waals surface area contributed by atoms with Crippen LogP contribution in [0.4, 0.5) is 0 Å². The molecule has 0 saturated heterocycles. The summed E-state index contributed by atoms with van der Waals surface area (Å²) < 4.78 is 6.88. The summed E-state index contributed by atoms with van der Waals surface area (Å²) in [5, 5.41) is 10.2. The molecule has 1 aromatic carbocycles. The van der Waals surface area contributed by atoms with E-state index in [0.29, 0.717) is 21.8 Å². The Bertz CT molecular complexity index is 1170. The molecule has 2 aromatic heterocycles. The van der Waals surface area contributed by atoms with Crippen LogP contribution in [0.15, 0.2) is 23.0 Å². The quantitative estimate of drug-likeness (QED) is 0.655. The Kier molecular flexibility index (Phi) is 5.30. The van der Waals surface area contributed by atoms with E-state index in [1.165, 1.54) is 29.8 Å². The number of carbonyl (C=O) groups is 1. The molecule has 0 aliphatic rings. The number of thiophene rings is 1.